The summed E-state index contributed by atoms with van der Waals surface area (Å²) < 4.78 is 5.58. The van der Waals surface area contributed by atoms with Gasteiger partial charge < -0.3 is 10.1 Å². The van der Waals surface area contributed by atoms with E-state index in [0.29, 0.717) is 18.1 Å². The maximum absolute atomic E-state index is 5.58. The van der Waals surface area contributed by atoms with Crippen molar-refractivity contribution in [2.75, 3.05) is 39.4 Å². The highest BCUT2D eigenvalue weighted by atomic mass is 16.5. The summed E-state index contributed by atoms with van der Waals surface area (Å²) in [4.78, 5) is 5.44. The molecule has 1 N–H and O–H groups in total. The van der Waals surface area contributed by atoms with Crippen molar-refractivity contribution in [2.24, 2.45) is 0 Å². The third-order valence-corrected chi connectivity index (χ3v) is 5.18. The molecule has 3 saturated heterocycles. The molecule has 3 heterocycles. The van der Waals surface area contributed by atoms with E-state index in [1.165, 1.54) is 38.9 Å². The monoisotopic (exact) mass is 267 g/mol. The van der Waals surface area contributed by atoms with E-state index in [9.17, 15) is 0 Å². The van der Waals surface area contributed by atoms with Gasteiger partial charge in [-0.3, -0.25) is 9.80 Å². The zero-order valence-electron chi connectivity index (χ0n) is 12.5. The van der Waals surface area contributed by atoms with Gasteiger partial charge in [0.2, 0.25) is 0 Å². The minimum atomic E-state index is 0.553. The fraction of sp³-hybridized carbons (Fsp3) is 1.00. The first-order valence-corrected chi connectivity index (χ1v) is 8.05. The topological polar surface area (TPSA) is 27.7 Å². The van der Waals surface area contributed by atoms with Crippen LogP contribution in [0.25, 0.3) is 0 Å². The van der Waals surface area contributed by atoms with Crippen LogP contribution >= 0.6 is 0 Å². The van der Waals surface area contributed by atoms with Gasteiger partial charge in [-0.25, -0.2) is 0 Å². The predicted octanol–water partition coefficient (Wildman–Crippen LogP) is 0.922. The van der Waals surface area contributed by atoms with Gasteiger partial charge in [-0.1, -0.05) is 0 Å². The number of morpholine rings is 1. The number of ether oxygens (including phenoxy) is 1. The number of nitrogens with zero attached hydrogens (tertiary/aromatic N) is 2. The van der Waals surface area contributed by atoms with Crippen molar-refractivity contribution in [3.63, 3.8) is 0 Å². The molecule has 0 aromatic carbocycles. The summed E-state index contributed by atoms with van der Waals surface area (Å²) in [6.45, 7) is 11.5. The Balaban J connectivity index is 1.54. The van der Waals surface area contributed by atoms with Crippen molar-refractivity contribution in [3.8, 4) is 0 Å². The molecular weight excluding hydrogens is 238 g/mol. The van der Waals surface area contributed by atoms with Crippen LogP contribution in [0.2, 0.25) is 0 Å². The Labute approximate surface area is 117 Å². The minimum absolute atomic E-state index is 0.553. The molecule has 0 amide bonds. The highest BCUT2D eigenvalue weighted by molar-refractivity contribution is 4.93. The molecule has 3 aliphatic rings. The number of fused-ring (bicyclic) bond motifs is 1. The lowest BCUT2D eigenvalue weighted by Gasteiger charge is -2.46. The predicted molar refractivity (Wildman–Crippen MR) is 77.5 cm³/mol. The van der Waals surface area contributed by atoms with Gasteiger partial charge in [0.1, 0.15) is 0 Å². The Morgan fingerprint density at radius 1 is 1.37 bits per heavy atom. The van der Waals surface area contributed by atoms with Gasteiger partial charge in [0.05, 0.1) is 13.2 Å². The second-order valence-electron chi connectivity index (χ2n) is 6.65. The zero-order valence-corrected chi connectivity index (χ0v) is 12.5. The average Bonchev–Trinajstić information content (AvgIpc) is 2.86. The highest BCUT2D eigenvalue weighted by Crippen LogP contribution is 2.26. The molecule has 0 bridgehead atoms. The van der Waals surface area contributed by atoms with Crippen molar-refractivity contribution in [2.45, 2.75) is 57.3 Å². The van der Waals surface area contributed by atoms with Gasteiger partial charge in [-0.2, -0.15) is 0 Å². The first-order valence-electron chi connectivity index (χ1n) is 8.05. The molecule has 4 heteroatoms. The maximum atomic E-state index is 5.58. The van der Waals surface area contributed by atoms with E-state index >= 15 is 0 Å². The first kappa shape index (κ1) is 13.8. The number of nitrogens with one attached hydrogen (secondary N) is 1. The lowest BCUT2D eigenvalue weighted by molar-refractivity contribution is 0.0151. The normalized spacial score (nSPS) is 39.2. The van der Waals surface area contributed by atoms with Gasteiger partial charge >= 0.3 is 0 Å². The molecule has 3 rings (SSSR count). The number of piperazine rings is 1. The zero-order chi connectivity index (χ0) is 13.2. The van der Waals surface area contributed by atoms with E-state index in [4.69, 9.17) is 4.74 Å². The molecule has 0 radical (unpaired) electrons. The summed E-state index contributed by atoms with van der Waals surface area (Å²) >= 11 is 0. The van der Waals surface area contributed by atoms with E-state index in [2.05, 4.69) is 29.0 Å². The Kier molecular flexibility index (Phi) is 4.42. The summed E-state index contributed by atoms with van der Waals surface area (Å²) in [6.07, 6.45) is 4.02. The van der Waals surface area contributed by atoms with Crippen LogP contribution in [0.1, 0.15) is 33.1 Å². The van der Waals surface area contributed by atoms with E-state index in [-0.39, 0.29) is 0 Å². The molecule has 3 aliphatic heterocycles. The van der Waals surface area contributed by atoms with Crippen LogP contribution in [0, 0.1) is 0 Å². The van der Waals surface area contributed by atoms with Crippen LogP contribution in [0.5, 0.6) is 0 Å². The van der Waals surface area contributed by atoms with Gasteiger partial charge in [0.25, 0.3) is 0 Å². The van der Waals surface area contributed by atoms with Gasteiger partial charge in [0.15, 0.2) is 0 Å². The molecule has 0 aromatic heterocycles. The minimum Gasteiger partial charge on any atom is -0.379 e. The van der Waals surface area contributed by atoms with Crippen molar-refractivity contribution in [1.82, 2.24) is 15.1 Å². The molecule has 4 nitrogen and oxygen atoms in total. The van der Waals surface area contributed by atoms with Crippen LogP contribution in [0.15, 0.2) is 0 Å². The molecule has 4 atom stereocenters. The Hall–Kier alpha value is -0.160. The fourth-order valence-corrected chi connectivity index (χ4v) is 4.14. The van der Waals surface area contributed by atoms with Crippen molar-refractivity contribution >= 4 is 0 Å². The largest absolute Gasteiger partial charge is 0.379 e. The van der Waals surface area contributed by atoms with Gasteiger partial charge in [-0.15, -0.1) is 0 Å². The highest BCUT2D eigenvalue weighted by Gasteiger charge is 2.36. The van der Waals surface area contributed by atoms with E-state index in [1.807, 2.05) is 0 Å². The van der Waals surface area contributed by atoms with Crippen LogP contribution < -0.4 is 5.32 Å². The lowest BCUT2D eigenvalue weighted by atomic mass is 10.0. The number of hydrogen-bond donors (Lipinski definition) is 1. The Bertz CT molecular complexity index is 293. The van der Waals surface area contributed by atoms with E-state index in [1.54, 1.807) is 0 Å². The molecule has 4 unspecified atom stereocenters. The molecule has 0 aromatic rings. The maximum Gasteiger partial charge on any atom is 0.0620 e. The van der Waals surface area contributed by atoms with Crippen LogP contribution in [0.4, 0.5) is 0 Å². The SMILES string of the molecule is CC(CC1COCCN1)N1CC2CCCN2CC1C. The third-order valence-electron chi connectivity index (χ3n) is 5.18. The summed E-state index contributed by atoms with van der Waals surface area (Å²) in [7, 11) is 0. The van der Waals surface area contributed by atoms with E-state index in [0.717, 1.165) is 25.8 Å². The second-order valence-corrected chi connectivity index (χ2v) is 6.65. The van der Waals surface area contributed by atoms with Crippen molar-refractivity contribution < 1.29 is 4.74 Å². The lowest BCUT2D eigenvalue weighted by Crippen LogP contribution is -2.58. The summed E-state index contributed by atoms with van der Waals surface area (Å²) in [5, 5.41) is 3.59. The first-order chi connectivity index (χ1) is 9.24. The number of rotatable bonds is 3. The Morgan fingerprint density at radius 3 is 3.05 bits per heavy atom. The van der Waals surface area contributed by atoms with Gasteiger partial charge in [0, 0.05) is 43.8 Å². The summed E-state index contributed by atoms with van der Waals surface area (Å²) in [5.41, 5.74) is 0. The van der Waals surface area contributed by atoms with Crippen molar-refractivity contribution in [3.05, 3.63) is 0 Å². The van der Waals surface area contributed by atoms with E-state index < -0.39 is 0 Å². The molecule has 0 aliphatic carbocycles. The summed E-state index contributed by atoms with van der Waals surface area (Å²) in [6, 6.07) is 2.75. The van der Waals surface area contributed by atoms with Gasteiger partial charge in [-0.05, 0) is 39.7 Å². The average molecular weight is 267 g/mol. The molecule has 3 fully saturated rings. The molecule has 0 saturated carbocycles. The fourth-order valence-electron chi connectivity index (χ4n) is 4.14. The molecule has 0 spiro atoms. The third kappa shape index (κ3) is 3.13. The summed E-state index contributed by atoms with van der Waals surface area (Å²) in [5.74, 6) is 0. The Morgan fingerprint density at radius 2 is 2.26 bits per heavy atom. The quantitative estimate of drug-likeness (QED) is 0.823. The molecule has 19 heavy (non-hydrogen) atoms. The second kappa shape index (κ2) is 6.08. The van der Waals surface area contributed by atoms with Crippen LogP contribution in [-0.2, 0) is 4.74 Å². The van der Waals surface area contributed by atoms with Crippen molar-refractivity contribution in [1.29, 1.82) is 0 Å². The smallest absolute Gasteiger partial charge is 0.0620 e. The van der Waals surface area contributed by atoms with Crippen LogP contribution in [-0.4, -0.2) is 73.4 Å². The number of hydrogen-bond acceptors (Lipinski definition) is 4. The molecule has 110 valence electrons. The molecular formula is C15H29N3O. The standard InChI is InChI=1S/C15H29N3O/c1-12(8-14-11-19-7-5-16-14)18-10-15-4-3-6-17(15)9-13(18)2/h12-16H,3-11H2,1-2H3. The van der Waals surface area contributed by atoms with Crippen LogP contribution in [0.3, 0.4) is 0 Å².